The lowest BCUT2D eigenvalue weighted by molar-refractivity contribution is 0.102. The van der Waals surface area contributed by atoms with E-state index in [0.29, 0.717) is 17.1 Å². The number of urea groups is 1. The molecule has 0 aliphatic carbocycles. The van der Waals surface area contributed by atoms with Gasteiger partial charge in [0.25, 0.3) is 5.91 Å². The van der Waals surface area contributed by atoms with Gasteiger partial charge < -0.3 is 16.0 Å². The van der Waals surface area contributed by atoms with Gasteiger partial charge in [0.2, 0.25) is 0 Å². The Morgan fingerprint density at radius 2 is 1.77 bits per heavy atom. The SMILES string of the molecule is CC(C)NC(=O)Nc1ccc(C(=O)Nc2ccn(C)n2)cc1. The van der Waals surface area contributed by atoms with Crippen LogP contribution in [-0.4, -0.2) is 27.8 Å². The van der Waals surface area contributed by atoms with Gasteiger partial charge in [0.05, 0.1) is 0 Å². The molecule has 0 bridgehead atoms. The third kappa shape index (κ3) is 4.34. The van der Waals surface area contributed by atoms with Crippen molar-refractivity contribution in [2.45, 2.75) is 19.9 Å². The van der Waals surface area contributed by atoms with Crippen LogP contribution >= 0.6 is 0 Å². The Bertz CT molecular complexity index is 661. The van der Waals surface area contributed by atoms with E-state index in [4.69, 9.17) is 0 Å². The van der Waals surface area contributed by atoms with Crippen LogP contribution in [0.5, 0.6) is 0 Å². The van der Waals surface area contributed by atoms with Gasteiger partial charge in [-0.15, -0.1) is 0 Å². The predicted molar refractivity (Wildman–Crippen MR) is 84.9 cm³/mol. The number of aromatic nitrogens is 2. The molecular weight excluding hydrogens is 282 g/mol. The Morgan fingerprint density at radius 1 is 1.09 bits per heavy atom. The van der Waals surface area contributed by atoms with Crippen molar-refractivity contribution < 1.29 is 9.59 Å². The van der Waals surface area contributed by atoms with Crippen molar-refractivity contribution in [3.8, 4) is 0 Å². The fourth-order valence-electron chi connectivity index (χ4n) is 1.80. The number of amides is 3. The second-order valence-corrected chi connectivity index (χ2v) is 5.16. The van der Waals surface area contributed by atoms with E-state index in [0.717, 1.165) is 0 Å². The Hall–Kier alpha value is -2.83. The molecule has 0 atom stereocenters. The third-order valence-corrected chi connectivity index (χ3v) is 2.78. The van der Waals surface area contributed by atoms with E-state index in [-0.39, 0.29) is 18.0 Å². The van der Waals surface area contributed by atoms with E-state index in [2.05, 4.69) is 21.0 Å². The molecule has 0 saturated heterocycles. The minimum Gasteiger partial charge on any atom is -0.336 e. The fraction of sp³-hybridized carbons (Fsp3) is 0.267. The maximum absolute atomic E-state index is 12.0. The van der Waals surface area contributed by atoms with Crippen molar-refractivity contribution in [3.63, 3.8) is 0 Å². The smallest absolute Gasteiger partial charge is 0.319 e. The number of anilines is 2. The molecule has 1 heterocycles. The van der Waals surface area contributed by atoms with Crippen molar-refractivity contribution in [1.82, 2.24) is 15.1 Å². The van der Waals surface area contributed by atoms with E-state index in [9.17, 15) is 9.59 Å². The highest BCUT2D eigenvalue weighted by Crippen LogP contribution is 2.11. The van der Waals surface area contributed by atoms with Gasteiger partial charge in [-0.3, -0.25) is 9.48 Å². The van der Waals surface area contributed by atoms with Crippen LogP contribution in [0.2, 0.25) is 0 Å². The summed E-state index contributed by atoms with van der Waals surface area (Å²) in [5.41, 5.74) is 1.10. The summed E-state index contributed by atoms with van der Waals surface area (Å²) in [5, 5.41) is 12.2. The first kappa shape index (κ1) is 15.6. The molecule has 3 N–H and O–H groups in total. The van der Waals surface area contributed by atoms with Crippen LogP contribution in [0, 0.1) is 0 Å². The van der Waals surface area contributed by atoms with Gasteiger partial charge in [0.15, 0.2) is 5.82 Å². The van der Waals surface area contributed by atoms with Crippen LogP contribution in [0.15, 0.2) is 36.5 Å². The third-order valence-electron chi connectivity index (χ3n) is 2.78. The number of rotatable bonds is 4. The van der Waals surface area contributed by atoms with Gasteiger partial charge in [-0.2, -0.15) is 5.10 Å². The number of nitrogens with one attached hydrogen (secondary N) is 3. The van der Waals surface area contributed by atoms with Gasteiger partial charge in [-0.25, -0.2) is 4.79 Å². The Balaban J connectivity index is 1.96. The number of nitrogens with zero attached hydrogens (tertiary/aromatic N) is 2. The number of benzene rings is 1. The minimum atomic E-state index is -0.277. The van der Waals surface area contributed by atoms with Crippen molar-refractivity contribution in [2.75, 3.05) is 10.6 Å². The summed E-state index contributed by atoms with van der Waals surface area (Å²) in [5.74, 6) is 0.239. The molecule has 0 saturated carbocycles. The van der Waals surface area contributed by atoms with Crippen molar-refractivity contribution in [2.24, 2.45) is 7.05 Å². The van der Waals surface area contributed by atoms with Gasteiger partial charge >= 0.3 is 6.03 Å². The number of hydrogen-bond acceptors (Lipinski definition) is 3. The van der Waals surface area contributed by atoms with Crippen LogP contribution in [0.1, 0.15) is 24.2 Å². The Kier molecular flexibility index (Phi) is 4.77. The molecule has 0 spiro atoms. The first-order chi connectivity index (χ1) is 10.4. The van der Waals surface area contributed by atoms with Crippen LogP contribution in [-0.2, 0) is 7.05 Å². The monoisotopic (exact) mass is 301 g/mol. The maximum atomic E-state index is 12.0. The summed E-state index contributed by atoms with van der Waals surface area (Å²) >= 11 is 0. The van der Waals surface area contributed by atoms with Crippen LogP contribution < -0.4 is 16.0 Å². The Labute approximate surface area is 128 Å². The zero-order valence-corrected chi connectivity index (χ0v) is 12.8. The van der Waals surface area contributed by atoms with Crippen molar-refractivity contribution in [3.05, 3.63) is 42.1 Å². The number of carbonyl (C=O) groups is 2. The topological polar surface area (TPSA) is 88.0 Å². The van der Waals surface area contributed by atoms with E-state index in [1.165, 1.54) is 0 Å². The molecule has 3 amide bonds. The molecule has 22 heavy (non-hydrogen) atoms. The zero-order valence-electron chi connectivity index (χ0n) is 12.8. The maximum Gasteiger partial charge on any atom is 0.319 e. The second-order valence-electron chi connectivity index (χ2n) is 5.16. The number of aryl methyl sites for hydroxylation is 1. The standard InChI is InChI=1S/C15H19N5O2/c1-10(2)16-15(22)17-12-6-4-11(5-7-12)14(21)18-13-8-9-20(3)19-13/h4-10H,1-3H3,(H2,16,17,22)(H,18,19,21). The lowest BCUT2D eigenvalue weighted by Gasteiger charge is -2.10. The summed E-state index contributed by atoms with van der Waals surface area (Å²) in [7, 11) is 1.78. The minimum absolute atomic E-state index is 0.0587. The van der Waals surface area contributed by atoms with Gasteiger partial charge in [-0.1, -0.05) is 0 Å². The molecule has 2 rings (SSSR count). The molecule has 2 aromatic rings. The number of carbonyl (C=O) groups excluding carboxylic acids is 2. The lowest BCUT2D eigenvalue weighted by atomic mass is 10.2. The molecular formula is C15H19N5O2. The number of hydrogen-bond donors (Lipinski definition) is 3. The second kappa shape index (κ2) is 6.75. The van der Waals surface area contributed by atoms with Crippen LogP contribution in [0.25, 0.3) is 0 Å². The zero-order chi connectivity index (χ0) is 16.1. The summed E-state index contributed by atoms with van der Waals surface area (Å²) in [6.07, 6.45) is 1.75. The average molecular weight is 301 g/mol. The van der Waals surface area contributed by atoms with Crippen LogP contribution in [0.3, 0.4) is 0 Å². The van der Waals surface area contributed by atoms with Crippen LogP contribution in [0.4, 0.5) is 16.3 Å². The Morgan fingerprint density at radius 3 is 2.32 bits per heavy atom. The molecule has 7 heteroatoms. The molecule has 0 unspecified atom stereocenters. The molecule has 116 valence electrons. The molecule has 0 fully saturated rings. The molecule has 7 nitrogen and oxygen atoms in total. The summed E-state index contributed by atoms with van der Waals surface area (Å²) in [6, 6.07) is 8.13. The lowest BCUT2D eigenvalue weighted by Crippen LogP contribution is -2.34. The molecule has 1 aromatic heterocycles. The molecule has 1 aromatic carbocycles. The summed E-state index contributed by atoms with van der Waals surface area (Å²) < 4.78 is 1.61. The summed E-state index contributed by atoms with van der Waals surface area (Å²) in [6.45, 7) is 3.76. The van der Waals surface area contributed by atoms with Crippen molar-refractivity contribution >= 4 is 23.4 Å². The largest absolute Gasteiger partial charge is 0.336 e. The molecule has 0 radical (unpaired) electrons. The van der Waals surface area contributed by atoms with E-state index < -0.39 is 0 Å². The fourth-order valence-corrected chi connectivity index (χ4v) is 1.80. The highest BCUT2D eigenvalue weighted by Gasteiger charge is 2.08. The molecule has 0 aliphatic rings. The van der Waals surface area contributed by atoms with Gasteiger partial charge in [0.1, 0.15) is 0 Å². The van der Waals surface area contributed by atoms with Crippen molar-refractivity contribution in [1.29, 1.82) is 0 Å². The average Bonchev–Trinajstić information content (AvgIpc) is 2.83. The first-order valence-corrected chi connectivity index (χ1v) is 6.92. The van der Waals surface area contributed by atoms with E-state index >= 15 is 0 Å². The first-order valence-electron chi connectivity index (χ1n) is 6.92. The predicted octanol–water partition coefficient (Wildman–Crippen LogP) is 2.20. The molecule has 0 aliphatic heterocycles. The quantitative estimate of drug-likeness (QED) is 0.809. The summed E-state index contributed by atoms with van der Waals surface area (Å²) in [4.78, 5) is 23.6. The van der Waals surface area contributed by atoms with Gasteiger partial charge in [-0.05, 0) is 38.1 Å². The van der Waals surface area contributed by atoms with E-state index in [1.54, 1.807) is 48.3 Å². The highest BCUT2D eigenvalue weighted by molar-refractivity contribution is 6.04. The highest BCUT2D eigenvalue weighted by atomic mass is 16.2. The normalized spacial score (nSPS) is 10.4. The van der Waals surface area contributed by atoms with E-state index in [1.807, 2.05) is 13.8 Å². The van der Waals surface area contributed by atoms with Gasteiger partial charge in [0, 0.05) is 36.6 Å².